The predicted octanol–water partition coefficient (Wildman–Crippen LogP) is 3.14. The number of carbonyl (C=O) groups is 1. The number of benzene rings is 1. The molecule has 1 fully saturated rings. The molecule has 0 spiro atoms. The molecule has 6 nitrogen and oxygen atoms in total. The van der Waals surface area contributed by atoms with Crippen molar-refractivity contribution in [3.63, 3.8) is 0 Å². The molecule has 132 valence electrons. The van der Waals surface area contributed by atoms with E-state index in [0.29, 0.717) is 34.6 Å². The van der Waals surface area contributed by atoms with Gasteiger partial charge in [-0.1, -0.05) is 23.2 Å². The van der Waals surface area contributed by atoms with Gasteiger partial charge in [0, 0.05) is 38.1 Å². The van der Waals surface area contributed by atoms with Crippen LogP contribution >= 0.6 is 23.2 Å². The number of halogens is 2. The zero-order chi connectivity index (χ0) is 18.0. The van der Waals surface area contributed by atoms with Crippen LogP contribution in [0.2, 0.25) is 10.0 Å². The van der Waals surface area contributed by atoms with Crippen LogP contribution in [0.25, 0.3) is 0 Å². The molecule has 1 unspecified atom stereocenters. The number of hydrogen-bond acceptors (Lipinski definition) is 5. The largest absolute Gasteiger partial charge is 0.471 e. The molecular formula is C17H18Cl2N4O2. The van der Waals surface area contributed by atoms with Crippen molar-refractivity contribution in [1.82, 2.24) is 15.1 Å². The van der Waals surface area contributed by atoms with Gasteiger partial charge in [-0.05, 0) is 24.3 Å². The van der Waals surface area contributed by atoms with Crippen molar-refractivity contribution < 1.29 is 9.53 Å². The standard InChI is InChI=1S/C17H18Cl2N4O2/c1-22(2)15-5-6-16(21-20-15)25-12-7-8-23(10-12)17(24)13-4-3-11(18)9-14(13)19/h3-6,9,12H,7-8,10H2,1-2H3. The van der Waals surface area contributed by atoms with Crippen LogP contribution in [0.15, 0.2) is 30.3 Å². The second-order valence-corrected chi connectivity index (χ2v) is 6.87. The topological polar surface area (TPSA) is 58.6 Å². The van der Waals surface area contributed by atoms with E-state index in [9.17, 15) is 4.79 Å². The first-order chi connectivity index (χ1) is 11.9. The first-order valence-electron chi connectivity index (χ1n) is 7.86. The first-order valence-corrected chi connectivity index (χ1v) is 8.61. The summed E-state index contributed by atoms with van der Waals surface area (Å²) >= 11 is 12.0. The number of nitrogens with zero attached hydrogens (tertiary/aromatic N) is 4. The van der Waals surface area contributed by atoms with Gasteiger partial charge < -0.3 is 14.5 Å². The molecule has 1 aromatic heterocycles. The third kappa shape index (κ3) is 4.14. The number of likely N-dealkylation sites (tertiary alicyclic amines) is 1. The Balaban J connectivity index is 1.62. The Labute approximate surface area is 156 Å². The molecule has 3 rings (SSSR count). The second kappa shape index (κ2) is 7.45. The lowest BCUT2D eigenvalue weighted by atomic mass is 10.2. The van der Waals surface area contributed by atoms with Crippen LogP contribution in [0.1, 0.15) is 16.8 Å². The summed E-state index contributed by atoms with van der Waals surface area (Å²) in [6.07, 6.45) is 0.614. The van der Waals surface area contributed by atoms with E-state index in [4.69, 9.17) is 27.9 Å². The van der Waals surface area contributed by atoms with Crippen molar-refractivity contribution in [3.8, 4) is 5.88 Å². The van der Waals surface area contributed by atoms with Gasteiger partial charge in [0.2, 0.25) is 5.88 Å². The highest BCUT2D eigenvalue weighted by Gasteiger charge is 2.29. The van der Waals surface area contributed by atoms with Crippen LogP contribution in [0, 0.1) is 0 Å². The average molecular weight is 381 g/mol. The SMILES string of the molecule is CN(C)c1ccc(OC2CCN(C(=O)c3ccc(Cl)cc3Cl)C2)nn1. The Morgan fingerprint density at radius 2 is 2.04 bits per heavy atom. The molecule has 1 amide bonds. The highest BCUT2D eigenvalue weighted by atomic mass is 35.5. The minimum Gasteiger partial charge on any atom is -0.471 e. The van der Waals surface area contributed by atoms with Crippen LogP contribution in [0.3, 0.4) is 0 Å². The monoisotopic (exact) mass is 380 g/mol. The van der Waals surface area contributed by atoms with Gasteiger partial charge >= 0.3 is 0 Å². The van der Waals surface area contributed by atoms with Crippen LogP contribution in [-0.2, 0) is 0 Å². The van der Waals surface area contributed by atoms with Gasteiger partial charge in [-0.3, -0.25) is 4.79 Å². The van der Waals surface area contributed by atoms with Gasteiger partial charge in [0.05, 0.1) is 17.1 Å². The van der Waals surface area contributed by atoms with Gasteiger partial charge in [0.25, 0.3) is 5.91 Å². The fourth-order valence-corrected chi connectivity index (χ4v) is 3.12. The molecule has 1 atom stereocenters. The van der Waals surface area contributed by atoms with E-state index in [1.54, 1.807) is 29.2 Å². The van der Waals surface area contributed by atoms with Crippen LogP contribution in [0.4, 0.5) is 5.82 Å². The molecule has 1 aliphatic heterocycles. The normalized spacial score (nSPS) is 16.8. The lowest BCUT2D eigenvalue weighted by Gasteiger charge is -2.18. The summed E-state index contributed by atoms with van der Waals surface area (Å²) in [4.78, 5) is 16.2. The molecule has 0 saturated carbocycles. The van der Waals surface area contributed by atoms with Crippen molar-refractivity contribution in [2.45, 2.75) is 12.5 Å². The van der Waals surface area contributed by atoms with Crippen molar-refractivity contribution in [1.29, 1.82) is 0 Å². The van der Waals surface area contributed by atoms with Crippen molar-refractivity contribution in [2.24, 2.45) is 0 Å². The maximum absolute atomic E-state index is 12.6. The Bertz CT molecular complexity index is 768. The van der Waals surface area contributed by atoms with Gasteiger partial charge in [-0.25, -0.2) is 0 Å². The Kier molecular flexibility index (Phi) is 5.30. The zero-order valence-corrected chi connectivity index (χ0v) is 15.5. The molecule has 1 saturated heterocycles. The average Bonchev–Trinajstić information content (AvgIpc) is 3.03. The number of anilines is 1. The summed E-state index contributed by atoms with van der Waals surface area (Å²) in [6.45, 7) is 1.08. The van der Waals surface area contributed by atoms with Crippen LogP contribution in [0.5, 0.6) is 5.88 Å². The molecule has 1 aliphatic rings. The first kappa shape index (κ1) is 17.8. The molecular weight excluding hydrogens is 363 g/mol. The molecule has 0 bridgehead atoms. The smallest absolute Gasteiger partial charge is 0.255 e. The van der Waals surface area contributed by atoms with E-state index in [0.717, 1.165) is 12.2 Å². The van der Waals surface area contributed by atoms with E-state index < -0.39 is 0 Å². The number of amides is 1. The van der Waals surface area contributed by atoms with E-state index in [2.05, 4.69) is 10.2 Å². The second-order valence-electron chi connectivity index (χ2n) is 6.03. The molecule has 0 aliphatic carbocycles. The number of ether oxygens (including phenoxy) is 1. The van der Waals surface area contributed by atoms with E-state index in [1.807, 2.05) is 25.1 Å². The summed E-state index contributed by atoms with van der Waals surface area (Å²) in [5, 5.41) is 9.00. The highest BCUT2D eigenvalue weighted by molar-refractivity contribution is 6.36. The van der Waals surface area contributed by atoms with Crippen LogP contribution < -0.4 is 9.64 Å². The predicted molar refractivity (Wildman–Crippen MR) is 97.8 cm³/mol. The number of hydrogen-bond donors (Lipinski definition) is 0. The quantitative estimate of drug-likeness (QED) is 0.815. The third-order valence-corrected chi connectivity index (χ3v) is 4.51. The zero-order valence-electron chi connectivity index (χ0n) is 13.9. The number of rotatable bonds is 4. The van der Waals surface area contributed by atoms with Crippen molar-refractivity contribution >= 4 is 34.9 Å². The summed E-state index contributed by atoms with van der Waals surface area (Å²) in [6, 6.07) is 8.50. The molecule has 8 heteroatoms. The van der Waals surface area contributed by atoms with E-state index >= 15 is 0 Å². The minimum atomic E-state index is -0.123. The van der Waals surface area contributed by atoms with Gasteiger partial charge in [0.1, 0.15) is 6.10 Å². The fourth-order valence-electron chi connectivity index (χ4n) is 2.63. The van der Waals surface area contributed by atoms with Crippen molar-refractivity contribution in [3.05, 3.63) is 45.9 Å². The fraction of sp³-hybridized carbons (Fsp3) is 0.353. The summed E-state index contributed by atoms with van der Waals surface area (Å²) < 4.78 is 5.84. The Hall–Kier alpha value is -2.05. The third-order valence-electron chi connectivity index (χ3n) is 3.97. The molecule has 0 radical (unpaired) electrons. The summed E-state index contributed by atoms with van der Waals surface area (Å²) in [5.74, 6) is 1.09. The Morgan fingerprint density at radius 1 is 1.24 bits per heavy atom. The molecule has 2 aromatic rings. The van der Waals surface area contributed by atoms with Gasteiger partial charge in [-0.2, -0.15) is 0 Å². The number of aromatic nitrogens is 2. The number of carbonyl (C=O) groups excluding carboxylic acids is 1. The minimum absolute atomic E-state index is 0.116. The molecule has 1 aromatic carbocycles. The van der Waals surface area contributed by atoms with Crippen molar-refractivity contribution in [2.75, 3.05) is 32.1 Å². The lowest BCUT2D eigenvalue weighted by molar-refractivity contribution is 0.0771. The summed E-state index contributed by atoms with van der Waals surface area (Å²) in [5.41, 5.74) is 0.446. The molecule has 0 N–H and O–H groups in total. The molecule has 2 heterocycles. The van der Waals surface area contributed by atoms with E-state index in [1.165, 1.54) is 0 Å². The maximum Gasteiger partial charge on any atom is 0.255 e. The van der Waals surface area contributed by atoms with E-state index in [-0.39, 0.29) is 12.0 Å². The van der Waals surface area contributed by atoms with Gasteiger partial charge in [-0.15, -0.1) is 10.2 Å². The highest BCUT2D eigenvalue weighted by Crippen LogP contribution is 2.25. The molecule has 25 heavy (non-hydrogen) atoms. The maximum atomic E-state index is 12.6. The lowest BCUT2D eigenvalue weighted by Crippen LogP contribution is -2.31. The summed E-state index contributed by atoms with van der Waals surface area (Å²) in [7, 11) is 3.79. The Morgan fingerprint density at radius 3 is 2.68 bits per heavy atom. The van der Waals surface area contributed by atoms with Gasteiger partial charge in [0.15, 0.2) is 5.82 Å². The van der Waals surface area contributed by atoms with Crippen LogP contribution in [-0.4, -0.2) is 54.3 Å².